The standard InChI is InChI=1S/C11H8Br2N6/c12-5-2-1-3-6(13)7(5)17-10-8-9(16-4-15-8)18-11(14)19-10/h1-4H,(H4,14,15,16,17,18,19). The van der Waals surface area contributed by atoms with Crippen molar-refractivity contribution in [3.8, 4) is 0 Å². The molecule has 6 nitrogen and oxygen atoms in total. The van der Waals surface area contributed by atoms with Gasteiger partial charge in [0.1, 0.15) is 5.52 Å². The highest BCUT2D eigenvalue weighted by molar-refractivity contribution is 9.11. The van der Waals surface area contributed by atoms with E-state index in [-0.39, 0.29) is 5.95 Å². The van der Waals surface area contributed by atoms with Gasteiger partial charge in [0.25, 0.3) is 0 Å². The summed E-state index contributed by atoms with van der Waals surface area (Å²) in [4.78, 5) is 15.3. The van der Waals surface area contributed by atoms with Crippen LogP contribution in [-0.2, 0) is 0 Å². The van der Waals surface area contributed by atoms with Crippen molar-refractivity contribution < 1.29 is 0 Å². The highest BCUT2D eigenvalue weighted by Crippen LogP contribution is 2.33. The monoisotopic (exact) mass is 382 g/mol. The molecule has 0 saturated carbocycles. The number of anilines is 3. The first-order valence-corrected chi connectivity index (χ1v) is 6.91. The Morgan fingerprint density at radius 3 is 2.63 bits per heavy atom. The van der Waals surface area contributed by atoms with Crippen molar-refractivity contribution in [3.05, 3.63) is 33.5 Å². The number of nitrogen functional groups attached to an aromatic ring is 1. The number of rotatable bonds is 2. The first kappa shape index (κ1) is 12.4. The first-order chi connectivity index (χ1) is 9.15. The van der Waals surface area contributed by atoms with Gasteiger partial charge in [-0.25, -0.2) is 4.98 Å². The predicted molar refractivity (Wildman–Crippen MR) is 81.2 cm³/mol. The topological polar surface area (TPSA) is 92.5 Å². The Morgan fingerprint density at radius 1 is 1.16 bits per heavy atom. The summed E-state index contributed by atoms with van der Waals surface area (Å²) in [5.74, 6) is 0.748. The third-order valence-electron chi connectivity index (χ3n) is 2.51. The molecular weight excluding hydrogens is 376 g/mol. The lowest BCUT2D eigenvalue weighted by molar-refractivity contribution is 1.21. The molecule has 3 rings (SSSR count). The van der Waals surface area contributed by atoms with E-state index in [9.17, 15) is 0 Å². The van der Waals surface area contributed by atoms with Gasteiger partial charge in [-0.15, -0.1) is 0 Å². The average Bonchev–Trinajstić information content (AvgIpc) is 2.81. The Hall–Kier alpha value is -1.67. The second kappa shape index (κ2) is 4.78. The molecule has 0 bridgehead atoms. The fourth-order valence-corrected chi connectivity index (χ4v) is 2.87. The smallest absolute Gasteiger partial charge is 0.224 e. The zero-order valence-corrected chi connectivity index (χ0v) is 12.7. The molecule has 96 valence electrons. The second-order valence-electron chi connectivity index (χ2n) is 3.75. The third kappa shape index (κ3) is 2.28. The van der Waals surface area contributed by atoms with Gasteiger partial charge < -0.3 is 16.0 Å². The molecule has 0 radical (unpaired) electrons. The van der Waals surface area contributed by atoms with Gasteiger partial charge in [-0.1, -0.05) is 6.07 Å². The van der Waals surface area contributed by atoms with Crippen LogP contribution < -0.4 is 11.1 Å². The number of nitrogens with zero attached hydrogens (tertiary/aromatic N) is 3. The van der Waals surface area contributed by atoms with Gasteiger partial charge in [0.15, 0.2) is 11.5 Å². The van der Waals surface area contributed by atoms with E-state index >= 15 is 0 Å². The van der Waals surface area contributed by atoms with E-state index in [4.69, 9.17) is 5.73 Å². The zero-order valence-electron chi connectivity index (χ0n) is 9.48. The van der Waals surface area contributed by atoms with Gasteiger partial charge >= 0.3 is 0 Å². The van der Waals surface area contributed by atoms with E-state index in [1.165, 1.54) is 0 Å². The summed E-state index contributed by atoms with van der Waals surface area (Å²) in [6, 6.07) is 5.79. The fraction of sp³-hybridized carbons (Fsp3) is 0. The summed E-state index contributed by atoms with van der Waals surface area (Å²) in [7, 11) is 0. The number of fused-ring (bicyclic) bond motifs is 1. The fourth-order valence-electron chi connectivity index (χ4n) is 1.68. The summed E-state index contributed by atoms with van der Waals surface area (Å²) in [5.41, 5.74) is 7.76. The summed E-state index contributed by atoms with van der Waals surface area (Å²) < 4.78 is 1.82. The number of hydrogen-bond acceptors (Lipinski definition) is 5. The molecular formula is C11H8Br2N6. The molecule has 19 heavy (non-hydrogen) atoms. The third-order valence-corrected chi connectivity index (χ3v) is 3.83. The molecule has 0 amide bonds. The van der Waals surface area contributed by atoms with Gasteiger partial charge in [-0.3, -0.25) is 0 Å². The van der Waals surface area contributed by atoms with Crippen molar-refractivity contribution >= 4 is 60.5 Å². The summed E-state index contributed by atoms with van der Waals surface area (Å²) in [5, 5.41) is 3.21. The van der Waals surface area contributed by atoms with Gasteiger partial charge in [-0.05, 0) is 44.0 Å². The number of halogens is 2. The Kier molecular flexibility index (Phi) is 3.11. The van der Waals surface area contributed by atoms with Crippen LogP contribution in [0.5, 0.6) is 0 Å². The molecule has 0 atom stereocenters. The van der Waals surface area contributed by atoms with E-state index < -0.39 is 0 Å². The van der Waals surface area contributed by atoms with Gasteiger partial charge in [0, 0.05) is 8.95 Å². The molecule has 3 aromatic rings. The van der Waals surface area contributed by atoms with Crippen LogP contribution in [0.15, 0.2) is 33.5 Å². The van der Waals surface area contributed by atoms with E-state index in [1.807, 2.05) is 18.2 Å². The summed E-state index contributed by atoms with van der Waals surface area (Å²) in [6.07, 6.45) is 1.55. The van der Waals surface area contributed by atoms with Crippen LogP contribution in [0.4, 0.5) is 17.5 Å². The lowest BCUT2D eigenvalue weighted by Gasteiger charge is -2.10. The number of nitrogens with two attached hydrogens (primary N) is 1. The number of hydrogen-bond donors (Lipinski definition) is 3. The first-order valence-electron chi connectivity index (χ1n) is 5.33. The summed E-state index contributed by atoms with van der Waals surface area (Å²) >= 11 is 6.97. The van der Waals surface area contributed by atoms with Crippen LogP contribution >= 0.6 is 31.9 Å². The second-order valence-corrected chi connectivity index (χ2v) is 5.46. The van der Waals surface area contributed by atoms with Crippen LogP contribution in [0.3, 0.4) is 0 Å². The molecule has 0 aliphatic heterocycles. The number of benzene rings is 1. The van der Waals surface area contributed by atoms with Crippen LogP contribution in [0.1, 0.15) is 0 Å². The largest absolute Gasteiger partial charge is 0.368 e. The van der Waals surface area contributed by atoms with E-state index in [0.29, 0.717) is 17.0 Å². The van der Waals surface area contributed by atoms with E-state index in [2.05, 4.69) is 57.1 Å². The minimum absolute atomic E-state index is 0.172. The number of nitrogens with one attached hydrogen (secondary N) is 2. The molecule has 8 heteroatoms. The quantitative estimate of drug-likeness (QED) is 0.631. The number of para-hydroxylation sites is 1. The van der Waals surface area contributed by atoms with Crippen molar-refractivity contribution in [3.63, 3.8) is 0 Å². The van der Waals surface area contributed by atoms with Crippen molar-refractivity contribution in [2.75, 3.05) is 11.1 Å². The van der Waals surface area contributed by atoms with Crippen LogP contribution in [0.2, 0.25) is 0 Å². The predicted octanol–water partition coefficient (Wildman–Crippen LogP) is 3.20. The Morgan fingerprint density at radius 2 is 1.89 bits per heavy atom. The van der Waals surface area contributed by atoms with Crippen LogP contribution in [0, 0.1) is 0 Å². The molecule has 0 unspecified atom stereocenters. The SMILES string of the molecule is Nc1nc(Nc2c(Br)cccc2Br)c2[nH]cnc2n1. The number of aromatic amines is 1. The van der Waals surface area contributed by atoms with Gasteiger partial charge in [0.2, 0.25) is 5.95 Å². The van der Waals surface area contributed by atoms with Crippen molar-refractivity contribution in [1.82, 2.24) is 19.9 Å². The highest BCUT2D eigenvalue weighted by Gasteiger charge is 2.11. The molecule has 0 fully saturated rings. The maximum absolute atomic E-state index is 5.67. The molecule has 4 N–H and O–H groups in total. The van der Waals surface area contributed by atoms with Gasteiger partial charge in [0.05, 0.1) is 12.0 Å². The molecule has 0 aliphatic carbocycles. The molecule has 2 heterocycles. The number of imidazole rings is 1. The lowest BCUT2D eigenvalue weighted by Crippen LogP contribution is -2.02. The summed E-state index contributed by atoms with van der Waals surface area (Å²) in [6.45, 7) is 0. The number of H-pyrrole nitrogens is 1. The highest BCUT2D eigenvalue weighted by atomic mass is 79.9. The normalized spacial score (nSPS) is 10.8. The van der Waals surface area contributed by atoms with Gasteiger partial charge in [-0.2, -0.15) is 9.97 Å². The van der Waals surface area contributed by atoms with E-state index in [0.717, 1.165) is 14.6 Å². The molecule has 0 spiro atoms. The van der Waals surface area contributed by atoms with Crippen LogP contribution in [0.25, 0.3) is 11.2 Å². The maximum atomic E-state index is 5.67. The minimum atomic E-state index is 0.172. The van der Waals surface area contributed by atoms with Crippen LogP contribution in [-0.4, -0.2) is 19.9 Å². The van der Waals surface area contributed by atoms with Crippen molar-refractivity contribution in [2.45, 2.75) is 0 Å². The van der Waals surface area contributed by atoms with E-state index in [1.54, 1.807) is 6.33 Å². The Bertz CT molecular complexity index is 734. The zero-order chi connectivity index (χ0) is 13.4. The number of aromatic nitrogens is 4. The average molecular weight is 384 g/mol. The molecule has 0 saturated heterocycles. The maximum Gasteiger partial charge on any atom is 0.224 e. The molecule has 1 aromatic carbocycles. The Labute approximate surface area is 125 Å². The Balaban J connectivity index is 2.13. The van der Waals surface area contributed by atoms with Crippen molar-refractivity contribution in [2.24, 2.45) is 0 Å². The lowest BCUT2D eigenvalue weighted by atomic mass is 10.3. The minimum Gasteiger partial charge on any atom is -0.368 e. The molecule has 0 aliphatic rings. The van der Waals surface area contributed by atoms with Crippen molar-refractivity contribution in [1.29, 1.82) is 0 Å². The molecule has 2 aromatic heterocycles.